The fourth-order valence-electron chi connectivity index (χ4n) is 8.87. The van der Waals surface area contributed by atoms with Crippen LogP contribution in [0.2, 0.25) is 0 Å². The second-order valence-corrected chi connectivity index (χ2v) is 19.5. The van der Waals surface area contributed by atoms with E-state index in [1.807, 2.05) is 120 Å². The van der Waals surface area contributed by atoms with Gasteiger partial charge in [0.1, 0.15) is 41.2 Å². The van der Waals surface area contributed by atoms with Crippen molar-refractivity contribution >= 4 is 13.9 Å². The van der Waals surface area contributed by atoms with E-state index in [1.165, 1.54) is 20.2 Å². The third kappa shape index (κ3) is 12.0. The molecule has 1 N–H and O–H groups in total. The number of benzene rings is 4. The van der Waals surface area contributed by atoms with Gasteiger partial charge in [0.05, 0.1) is 47.8 Å². The SMILES string of the molecule is COCCO[C@@H]1[C@H](ON(C(C)C)C(C)C)[C@@H](COC(c2ccccc2)(c2ccc(OC)cc2)c2ccc(OC)cc2)O[C@]1(n1cc(C)c(=O)[nH]c1=O)[PH](=O)OCCN(C(=O)c1ccc(OC)cc1)C(C)C. The monoisotopic (exact) mass is 1000 g/mol. The molecule has 0 bridgehead atoms. The summed E-state index contributed by atoms with van der Waals surface area (Å²) in [6, 6.07) is 30.9. The molecule has 0 aliphatic carbocycles. The molecule has 2 heterocycles. The van der Waals surface area contributed by atoms with Gasteiger partial charge < -0.3 is 42.6 Å². The number of ether oxygens (including phenoxy) is 7. The molecule has 0 saturated carbocycles. The molecule has 1 aliphatic heterocycles. The lowest BCUT2D eigenvalue weighted by atomic mass is 9.80. The van der Waals surface area contributed by atoms with Crippen molar-refractivity contribution in [3.63, 3.8) is 0 Å². The number of hydrogen-bond acceptors (Lipinski definition) is 14. The number of methoxy groups -OCH3 is 4. The second-order valence-electron chi connectivity index (χ2n) is 18.0. The Kier molecular flexibility index (Phi) is 19.0. The number of carbonyl (C=O) groups is 1. The fourth-order valence-corrected chi connectivity index (χ4v) is 10.4. The van der Waals surface area contributed by atoms with E-state index in [2.05, 4.69) is 4.98 Å². The van der Waals surface area contributed by atoms with E-state index in [9.17, 15) is 14.4 Å². The average molecular weight is 1000 g/mol. The first-order valence-electron chi connectivity index (χ1n) is 23.7. The molecule has 4 aromatic carbocycles. The Balaban J connectivity index is 1.53. The molecule has 1 aromatic heterocycles. The van der Waals surface area contributed by atoms with Gasteiger partial charge in [-0.3, -0.25) is 28.5 Å². The maximum absolute atomic E-state index is 15.7. The third-order valence-electron chi connectivity index (χ3n) is 12.4. The van der Waals surface area contributed by atoms with Gasteiger partial charge in [0.2, 0.25) is 8.03 Å². The van der Waals surface area contributed by atoms with E-state index < -0.39 is 48.7 Å². The predicted molar refractivity (Wildman–Crippen MR) is 270 cm³/mol. The Bertz CT molecular complexity index is 2570. The van der Waals surface area contributed by atoms with Gasteiger partial charge in [-0.1, -0.05) is 54.6 Å². The van der Waals surface area contributed by atoms with Crippen molar-refractivity contribution in [3.8, 4) is 17.2 Å². The summed E-state index contributed by atoms with van der Waals surface area (Å²) in [5.41, 5.74) is -2.43. The molecule has 1 unspecified atom stereocenters. The van der Waals surface area contributed by atoms with Crippen LogP contribution < -0.4 is 25.5 Å². The largest absolute Gasteiger partial charge is 0.497 e. The van der Waals surface area contributed by atoms with Crippen LogP contribution >= 0.6 is 8.03 Å². The van der Waals surface area contributed by atoms with E-state index in [1.54, 1.807) is 55.6 Å². The smallest absolute Gasteiger partial charge is 0.331 e. The van der Waals surface area contributed by atoms with Crippen molar-refractivity contribution in [3.05, 3.63) is 158 Å². The Morgan fingerprint density at radius 2 is 1.28 bits per heavy atom. The first-order chi connectivity index (χ1) is 34.0. The van der Waals surface area contributed by atoms with Gasteiger partial charge in [0.25, 0.3) is 16.9 Å². The lowest BCUT2D eigenvalue weighted by Gasteiger charge is -2.38. The van der Waals surface area contributed by atoms with Gasteiger partial charge in [-0.2, -0.15) is 5.06 Å². The van der Waals surface area contributed by atoms with Gasteiger partial charge in [-0.05, 0) is 114 Å². The first kappa shape index (κ1) is 54.7. The van der Waals surface area contributed by atoms with Crippen molar-refractivity contribution in [2.75, 3.05) is 61.4 Å². The second kappa shape index (κ2) is 24.7. The molecule has 0 spiro atoms. The van der Waals surface area contributed by atoms with Crippen molar-refractivity contribution in [1.82, 2.24) is 19.5 Å². The first-order valence-corrected chi connectivity index (χ1v) is 25.0. The number of nitrogens with zero attached hydrogens (tertiary/aromatic N) is 3. The van der Waals surface area contributed by atoms with Gasteiger partial charge in [-0.15, -0.1) is 0 Å². The van der Waals surface area contributed by atoms with E-state index >= 15 is 4.57 Å². The van der Waals surface area contributed by atoms with Gasteiger partial charge in [0.15, 0.2) is 0 Å². The summed E-state index contributed by atoms with van der Waals surface area (Å²) in [5.74, 6) is 1.58. The number of aromatic nitrogens is 2. The number of H-pyrrole nitrogens is 1. The molecular formula is C53H69N4O13P. The highest BCUT2D eigenvalue weighted by Gasteiger charge is 2.64. The molecule has 1 aliphatic rings. The summed E-state index contributed by atoms with van der Waals surface area (Å²) in [6.45, 7) is 12.7. The van der Waals surface area contributed by atoms with E-state index in [-0.39, 0.29) is 62.6 Å². The topological polar surface area (TPSA) is 179 Å². The Labute approximate surface area is 416 Å². The van der Waals surface area contributed by atoms with Crippen molar-refractivity contribution in [2.45, 2.75) is 96.0 Å². The minimum atomic E-state index is -3.73. The Hall–Kier alpha value is -5.62. The maximum atomic E-state index is 15.7. The van der Waals surface area contributed by atoms with Crippen molar-refractivity contribution in [2.24, 2.45) is 0 Å². The van der Waals surface area contributed by atoms with Crippen LogP contribution in [-0.2, 0) is 43.9 Å². The van der Waals surface area contributed by atoms with E-state index in [0.717, 1.165) is 21.3 Å². The van der Waals surface area contributed by atoms with Crippen LogP contribution in [0.25, 0.3) is 0 Å². The molecule has 5 aromatic rings. The maximum Gasteiger partial charge on any atom is 0.331 e. The minimum Gasteiger partial charge on any atom is -0.497 e. The Morgan fingerprint density at radius 3 is 1.79 bits per heavy atom. The highest BCUT2D eigenvalue weighted by Crippen LogP contribution is 2.56. The van der Waals surface area contributed by atoms with Gasteiger partial charge in [0, 0.05) is 49.1 Å². The molecule has 6 rings (SSSR count). The van der Waals surface area contributed by atoms with Crippen LogP contribution in [0.1, 0.15) is 74.2 Å². The lowest BCUT2D eigenvalue weighted by molar-refractivity contribution is -0.263. The van der Waals surface area contributed by atoms with E-state index in [4.69, 9.17) is 42.5 Å². The summed E-state index contributed by atoms with van der Waals surface area (Å²) in [6.07, 6.45) is -2.41. The van der Waals surface area contributed by atoms with Gasteiger partial charge >= 0.3 is 5.69 Å². The third-order valence-corrected chi connectivity index (χ3v) is 14.1. The molecular weight excluding hydrogens is 932 g/mol. The van der Waals surface area contributed by atoms with Crippen LogP contribution in [0.5, 0.6) is 17.2 Å². The minimum absolute atomic E-state index is 0.00796. The lowest BCUT2D eigenvalue weighted by Crippen LogP contribution is -2.53. The molecule has 1 amide bonds. The van der Waals surface area contributed by atoms with Crippen LogP contribution in [0, 0.1) is 6.92 Å². The molecule has 71 heavy (non-hydrogen) atoms. The molecule has 0 radical (unpaired) electrons. The zero-order valence-electron chi connectivity index (χ0n) is 42.5. The number of rotatable bonds is 25. The summed E-state index contributed by atoms with van der Waals surface area (Å²) in [4.78, 5) is 52.3. The van der Waals surface area contributed by atoms with Crippen LogP contribution in [0.15, 0.2) is 119 Å². The average Bonchev–Trinajstić information content (AvgIpc) is 3.68. The van der Waals surface area contributed by atoms with Crippen LogP contribution in [-0.4, -0.2) is 123 Å². The number of hydroxylamine groups is 2. The summed E-state index contributed by atoms with van der Waals surface area (Å²) >= 11 is 0. The fraction of sp³-hybridized carbons (Fsp3) is 0.453. The summed E-state index contributed by atoms with van der Waals surface area (Å²) < 4.78 is 66.3. The number of hydrogen-bond donors (Lipinski definition) is 1. The number of aryl methyl sites for hydroxylation is 1. The quantitative estimate of drug-likeness (QED) is 0.0265. The summed E-state index contributed by atoms with van der Waals surface area (Å²) in [7, 11) is 2.52. The summed E-state index contributed by atoms with van der Waals surface area (Å²) in [5, 5.41) is 1.78. The highest BCUT2D eigenvalue weighted by molar-refractivity contribution is 7.40. The molecule has 17 nitrogen and oxygen atoms in total. The van der Waals surface area contributed by atoms with Gasteiger partial charge in [-0.25, -0.2) is 4.79 Å². The highest BCUT2D eigenvalue weighted by atomic mass is 31.1. The molecule has 1 fully saturated rings. The number of aromatic amines is 1. The molecule has 18 heteroatoms. The standard InChI is InChI=1S/C53H69N4O13P/c1-35(2)55(50(59)39-17-23-43(63-9)24-18-39)29-30-68-71(61)53(56-33-38(7)49(58)54-51(56)60)48(66-32-31-62-8)47(70-57(36(3)4)37(5)6)46(69-53)34-67-52(40-15-13-12-14-16-40,41-19-25-44(64-10)26-20-41)42-21-27-45(65-11)28-22-42/h12-28,33,35-37,46-48,71H,29-32,34H2,1-11H3,(H,54,58,60)/t46-,47-,48-,53+/m1/s1. The predicted octanol–water partition coefficient (Wildman–Crippen LogP) is 7.38. The van der Waals surface area contributed by atoms with Crippen LogP contribution in [0.4, 0.5) is 0 Å². The number of nitrogens with one attached hydrogen (secondary N) is 1. The molecule has 384 valence electrons. The van der Waals surface area contributed by atoms with E-state index in [0.29, 0.717) is 22.8 Å². The zero-order valence-corrected chi connectivity index (χ0v) is 43.5. The zero-order chi connectivity index (χ0) is 51.5. The molecule has 5 atom stereocenters. The number of amides is 1. The number of carbonyl (C=O) groups excluding carboxylic acids is 1. The Morgan fingerprint density at radius 1 is 0.746 bits per heavy atom. The van der Waals surface area contributed by atoms with Crippen molar-refractivity contribution < 1.29 is 51.9 Å². The van der Waals surface area contributed by atoms with Crippen LogP contribution in [0.3, 0.4) is 0 Å². The normalized spacial score (nSPS) is 18.6. The molecule has 1 saturated heterocycles. The van der Waals surface area contributed by atoms with Crippen molar-refractivity contribution in [1.29, 1.82) is 0 Å².